The number of rotatable bonds is 7. The molecule has 0 saturated heterocycles. The Morgan fingerprint density at radius 1 is 0.946 bits per heavy atom. The van der Waals surface area contributed by atoms with Crippen molar-refractivity contribution in [3.8, 4) is 22.5 Å². The van der Waals surface area contributed by atoms with E-state index in [1.807, 2.05) is 6.07 Å². The molecule has 5 rings (SSSR count). The summed E-state index contributed by atoms with van der Waals surface area (Å²) in [6.07, 6.45) is -0.424. The molecule has 4 heterocycles. The molecule has 1 atom stereocenters. The molecule has 1 aromatic carbocycles. The first-order valence-electron chi connectivity index (χ1n) is 11.3. The normalized spacial score (nSPS) is 12.1. The van der Waals surface area contributed by atoms with Crippen LogP contribution >= 0.6 is 0 Å². The maximum atomic E-state index is 14.0. The van der Waals surface area contributed by atoms with Crippen LogP contribution < -0.4 is 5.32 Å². The molecule has 0 saturated carbocycles. The van der Waals surface area contributed by atoms with Gasteiger partial charge in [0.1, 0.15) is 11.6 Å². The molecule has 1 amide bonds. The average Bonchev–Trinajstić information content (AvgIpc) is 3.28. The molecule has 37 heavy (non-hydrogen) atoms. The summed E-state index contributed by atoms with van der Waals surface area (Å²) in [6.45, 7) is 0. The highest BCUT2D eigenvalue weighted by Gasteiger charge is 2.26. The Balaban J connectivity index is 1.51. The van der Waals surface area contributed by atoms with Crippen molar-refractivity contribution in [2.45, 2.75) is 18.8 Å². The Bertz CT molecular complexity index is 1570. The number of aromatic nitrogens is 4. The molecule has 0 fully saturated rings. The number of nitrogens with zero attached hydrogens (tertiary/aromatic N) is 3. The zero-order valence-corrected chi connectivity index (χ0v) is 19.1. The highest BCUT2D eigenvalue weighted by molar-refractivity contribution is 6.01. The monoisotopic (exact) mass is 505 g/mol. The fourth-order valence-electron chi connectivity index (χ4n) is 4.17. The van der Waals surface area contributed by atoms with Crippen molar-refractivity contribution in [3.05, 3.63) is 96.5 Å². The zero-order valence-electron chi connectivity index (χ0n) is 19.1. The van der Waals surface area contributed by atoms with Gasteiger partial charge in [-0.3, -0.25) is 9.78 Å². The second-order valence-electron chi connectivity index (χ2n) is 8.27. The number of fused-ring (bicyclic) bond motifs is 1. The van der Waals surface area contributed by atoms with Crippen LogP contribution in [-0.4, -0.2) is 32.3 Å². The van der Waals surface area contributed by atoms with E-state index in [9.17, 15) is 22.4 Å². The van der Waals surface area contributed by atoms with Crippen molar-refractivity contribution in [1.29, 1.82) is 0 Å². The van der Waals surface area contributed by atoms with Crippen LogP contribution in [-0.2, 0) is 4.79 Å². The largest absolute Gasteiger partial charge is 0.353 e. The number of anilines is 1. The summed E-state index contributed by atoms with van der Waals surface area (Å²) in [6, 6.07) is 16.1. The molecule has 0 aliphatic heterocycles. The van der Waals surface area contributed by atoms with E-state index in [1.54, 1.807) is 36.5 Å². The van der Waals surface area contributed by atoms with Crippen LogP contribution in [0.4, 0.5) is 23.4 Å². The molecule has 2 N–H and O–H groups in total. The van der Waals surface area contributed by atoms with Gasteiger partial charge < -0.3 is 10.3 Å². The molecule has 0 bridgehead atoms. The lowest BCUT2D eigenvalue weighted by Crippen LogP contribution is -2.23. The Kier molecular flexibility index (Phi) is 6.63. The van der Waals surface area contributed by atoms with E-state index in [0.717, 1.165) is 12.1 Å². The SMILES string of the molecule is O=C(Nc1cc(-c2[nH]c3cccnc3c2-c2cccc(F)n2)ccn1)[C@@H](CC(F)F)c1ccc(F)cc1. The van der Waals surface area contributed by atoms with Gasteiger partial charge in [0, 0.05) is 24.4 Å². The third kappa shape index (κ3) is 5.18. The molecule has 6 nitrogen and oxygen atoms in total. The number of hydrogen-bond donors (Lipinski definition) is 2. The van der Waals surface area contributed by atoms with Crippen molar-refractivity contribution in [3.63, 3.8) is 0 Å². The third-order valence-corrected chi connectivity index (χ3v) is 5.83. The lowest BCUT2D eigenvalue weighted by Gasteiger charge is -2.17. The molecule has 5 aromatic rings. The highest BCUT2D eigenvalue weighted by atomic mass is 19.3. The summed E-state index contributed by atoms with van der Waals surface area (Å²) in [5, 5.41) is 2.59. The number of alkyl halides is 2. The van der Waals surface area contributed by atoms with Gasteiger partial charge in [-0.15, -0.1) is 0 Å². The van der Waals surface area contributed by atoms with E-state index in [0.29, 0.717) is 33.5 Å². The quantitative estimate of drug-likeness (QED) is 0.200. The molecular weight excluding hydrogens is 486 g/mol. The van der Waals surface area contributed by atoms with Gasteiger partial charge >= 0.3 is 0 Å². The smallest absolute Gasteiger partial charge is 0.239 e. The first kappa shape index (κ1) is 24.1. The topological polar surface area (TPSA) is 83.6 Å². The van der Waals surface area contributed by atoms with Gasteiger partial charge in [0.2, 0.25) is 18.3 Å². The van der Waals surface area contributed by atoms with E-state index >= 15 is 0 Å². The number of amides is 1. The van der Waals surface area contributed by atoms with Crippen molar-refractivity contribution >= 4 is 22.8 Å². The standard InChI is InChI=1S/C27H19F4N5O/c28-17-8-6-15(7-9-17)18(14-21(29)30)27(37)36-23-13-16(10-12-32-23)25-24(19-3-1-5-22(31)34-19)26-20(35-25)4-2-11-33-26/h1-13,18,21,35H,14H2,(H,32,36,37)/t18-/m0/s1. The van der Waals surface area contributed by atoms with Gasteiger partial charge in [-0.1, -0.05) is 18.2 Å². The van der Waals surface area contributed by atoms with E-state index in [4.69, 9.17) is 0 Å². The maximum absolute atomic E-state index is 14.0. The number of carbonyl (C=O) groups is 1. The third-order valence-electron chi connectivity index (χ3n) is 5.83. The second-order valence-corrected chi connectivity index (χ2v) is 8.27. The molecule has 0 aliphatic rings. The van der Waals surface area contributed by atoms with E-state index in [2.05, 4.69) is 25.3 Å². The number of nitrogens with one attached hydrogen (secondary N) is 2. The van der Waals surface area contributed by atoms with Crippen LogP contribution in [0.1, 0.15) is 17.9 Å². The summed E-state index contributed by atoms with van der Waals surface area (Å²) < 4.78 is 53.8. The number of hydrogen-bond acceptors (Lipinski definition) is 4. The van der Waals surface area contributed by atoms with Crippen LogP contribution in [0.5, 0.6) is 0 Å². The van der Waals surface area contributed by atoms with Crippen LogP contribution in [0.15, 0.2) is 79.1 Å². The Morgan fingerprint density at radius 2 is 1.76 bits per heavy atom. The minimum atomic E-state index is -2.75. The van der Waals surface area contributed by atoms with Crippen LogP contribution in [0.3, 0.4) is 0 Å². The van der Waals surface area contributed by atoms with Crippen molar-refractivity contribution in [1.82, 2.24) is 19.9 Å². The number of pyridine rings is 3. The number of benzene rings is 1. The fraction of sp³-hybridized carbons (Fsp3) is 0.111. The molecular formula is C27H19F4N5O. The Hall–Kier alpha value is -4.60. The lowest BCUT2D eigenvalue weighted by atomic mass is 9.95. The molecule has 0 aliphatic carbocycles. The summed E-state index contributed by atoms with van der Waals surface area (Å²) in [7, 11) is 0. The fourth-order valence-corrected chi connectivity index (χ4v) is 4.17. The predicted molar refractivity (Wildman–Crippen MR) is 131 cm³/mol. The van der Waals surface area contributed by atoms with Crippen LogP contribution in [0.25, 0.3) is 33.5 Å². The number of H-pyrrole nitrogens is 1. The van der Waals surface area contributed by atoms with E-state index in [1.165, 1.54) is 24.4 Å². The van der Waals surface area contributed by atoms with Gasteiger partial charge in [0.25, 0.3) is 0 Å². The summed E-state index contributed by atoms with van der Waals surface area (Å²) in [5.41, 5.74) is 3.58. The van der Waals surface area contributed by atoms with E-state index in [-0.39, 0.29) is 11.4 Å². The van der Waals surface area contributed by atoms with Crippen LogP contribution in [0, 0.1) is 11.8 Å². The van der Waals surface area contributed by atoms with Gasteiger partial charge in [0.05, 0.1) is 33.9 Å². The van der Waals surface area contributed by atoms with E-state index < -0.39 is 36.4 Å². The second kappa shape index (κ2) is 10.2. The van der Waals surface area contributed by atoms with Crippen molar-refractivity contribution < 1.29 is 22.4 Å². The van der Waals surface area contributed by atoms with Gasteiger partial charge in [-0.25, -0.2) is 23.1 Å². The Labute approximate surface area is 208 Å². The number of halogens is 4. The minimum absolute atomic E-state index is 0.119. The summed E-state index contributed by atoms with van der Waals surface area (Å²) >= 11 is 0. The summed E-state index contributed by atoms with van der Waals surface area (Å²) in [4.78, 5) is 28.8. The first-order valence-corrected chi connectivity index (χ1v) is 11.3. The molecule has 4 aromatic heterocycles. The molecule has 0 spiro atoms. The lowest BCUT2D eigenvalue weighted by molar-refractivity contribution is -0.118. The Morgan fingerprint density at radius 3 is 2.51 bits per heavy atom. The van der Waals surface area contributed by atoms with Crippen LogP contribution in [0.2, 0.25) is 0 Å². The minimum Gasteiger partial charge on any atom is -0.353 e. The van der Waals surface area contributed by atoms with Crippen molar-refractivity contribution in [2.24, 2.45) is 0 Å². The maximum Gasteiger partial charge on any atom is 0.239 e. The van der Waals surface area contributed by atoms with Gasteiger partial charge in [0.15, 0.2) is 0 Å². The first-order chi connectivity index (χ1) is 17.9. The molecule has 10 heteroatoms. The molecule has 186 valence electrons. The van der Waals surface area contributed by atoms with Gasteiger partial charge in [-0.2, -0.15) is 4.39 Å². The average molecular weight is 505 g/mol. The molecule has 0 radical (unpaired) electrons. The summed E-state index contributed by atoms with van der Waals surface area (Å²) in [5.74, 6) is -2.99. The molecule has 0 unspecified atom stereocenters. The number of carbonyl (C=O) groups excluding carboxylic acids is 1. The zero-order chi connectivity index (χ0) is 25.9. The highest BCUT2D eigenvalue weighted by Crippen LogP contribution is 2.37. The predicted octanol–water partition coefficient (Wildman–Crippen LogP) is 6.34. The van der Waals surface area contributed by atoms with Crippen molar-refractivity contribution in [2.75, 3.05) is 5.32 Å². The number of aromatic amines is 1. The van der Waals surface area contributed by atoms with Gasteiger partial charge in [-0.05, 0) is 54.1 Å².